The number of hydrogen-bond donors (Lipinski definition) is 1. The number of carbonyl (C=O) groups is 2. The fourth-order valence-electron chi connectivity index (χ4n) is 2.03. The number of hydrogen-bond acceptors (Lipinski definition) is 3. The second-order valence-electron chi connectivity index (χ2n) is 5.33. The van der Waals surface area contributed by atoms with Crippen molar-refractivity contribution in [2.45, 2.75) is 6.42 Å². The van der Waals surface area contributed by atoms with Crippen molar-refractivity contribution in [3.63, 3.8) is 0 Å². The van der Waals surface area contributed by atoms with Gasteiger partial charge >= 0.3 is 5.97 Å². The lowest BCUT2D eigenvalue weighted by atomic mass is 10.1. The molecule has 0 spiro atoms. The molecule has 0 aliphatic carbocycles. The van der Waals surface area contributed by atoms with E-state index < -0.39 is 5.97 Å². The van der Waals surface area contributed by atoms with Crippen molar-refractivity contribution in [3.8, 4) is 0 Å². The summed E-state index contributed by atoms with van der Waals surface area (Å²) in [6.07, 6.45) is 3.36. The second-order valence-corrected chi connectivity index (χ2v) is 6.61. The molecule has 0 aliphatic rings. The lowest BCUT2D eigenvalue weighted by Crippen LogP contribution is -2.30. The van der Waals surface area contributed by atoms with Crippen molar-refractivity contribution < 1.29 is 14.3 Å². The number of carbonyl (C=O) groups excluding carboxylic acids is 2. The van der Waals surface area contributed by atoms with Crippen molar-refractivity contribution >= 4 is 52.8 Å². The Morgan fingerprint density at radius 1 is 1.00 bits per heavy atom. The molecule has 0 radical (unpaired) electrons. The summed E-state index contributed by atoms with van der Waals surface area (Å²) in [4.78, 5) is 23.3. The highest BCUT2D eigenvalue weighted by molar-refractivity contribution is 6.35. The Kier molecular flexibility index (Phi) is 7.98. The molecule has 0 aromatic heterocycles. The van der Waals surface area contributed by atoms with Gasteiger partial charge in [0.1, 0.15) is 0 Å². The number of amides is 1. The van der Waals surface area contributed by atoms with Crippen LogP contribution in [0.2, 0.25) is 15.1 Å². The van der Waals surface area contributed by atoms with Crippen LogP contribution < -0.4 is 5.32 Å². The maximum atomic E-state index is 11.7. The maximum Gasteiger partial charge on any atom is 0.331 e. The molecule has 0 atom stereocenters. The van der Waals surface area contributed by atoms with Gasteiger partial charge in [0.05, 0.1) is 0 Å². The molecule has 4 nitrogen and oxygen atoms in total. The maximum absolute atomic E-state index is 11.7. The van der Waals surface area contributed by atoms with Crippen LogP contribution in [0, 0.1) is 0 Å². The van der Waals surface area contributed by atoms with Crippen LogP contribution >= 0.6 is 34.8 Å². The lowest BCUT2D eigenvalue weighted by molar-refractivity contribution is -0.143. The molecular weight excluding hydrogens is 397 g/mol. The van der Waals surface area contributed by atoms with Crippen LogP contribution in [0.4, 0.5) is 0 Å². The predicted octanol–water partition coefficient (Wildman–Crippen LogP) is 4.56. The molecule has 2 aromatic rings. The van der Waals surface area contributed by atoms with Crippen LogP contribution in [-0.4, -0.2) is 25.0 Å². The molecule has 1 N–H and O–H groups in total. The Morgan fingerprint density at radius 3 is 2.38 bits per heavy atom. The molecule has 0 saturated carbocycles. The lowest BCUT2D eigenvalue weighted by Gasteiger charge is -2.06. The van der Waals surface area contributed by atoms with E-state index in [1.165, 1.54) is 12.2 Å². The zero-order valence-electron chi connectivity index (χ0n) is 13.7. The largest absolute Gasteiger partial charge is 0.452 e. The number of benzene rings is 2. The highest BCUT2D eigenvalue weighted by Gasteiger charge is 2.05. The summed E-state index contributed by atoms with van der Waals surface area (Å²) in [6, 6.07) is 12.3. The van der Waals surface area contributed by atoms with Gasteiger partial charge in [0, 0.05) is 27.7 Å². The smallest absolute Gasteiger partial charge is 0.331 e. The van der Waals surface area contributed by atoms with Gasteiger partial charge < -0.3 is 10.1 Å². The SMILES string of the molecule is O=C(COC(=O)/C=C/c1ccc(Cl)cc1Cl)NCCc1ccc(Cl)cc1. The highest BCUT2D eigenvalue weighted by atomic mass is 35.5. The van der Waals surface area contributed by atoms with Crippen molar-refractivity contribution in [3.05, 3.63) is 74.7 Å². The summed E-state index contributed by atoms with van der Waals surface area (Å²) >= 11 is 17.6. The van der Waals surface area contributed by atoms with Gasteiger partial charge in [-0.05, 0) is 47.9 Å². The first-order valence-electron chi connectivity index (χ1n) is 7.75. The van der Waals surface area contributed by atoms with Crippen LogP contribution in [-0.2, 0) is 20.7 Å². The van der Waals surface area contributed by atoms with E-state index in [1.54, 1.807) is 30.3 Å². The number of ether oxygens (including phenoxy) is 1. The van der Waals surface area contributed by atoms with Gasteiger partial charge in [0.15, 0.2) is 6.61 Å². The second kappa shape index (κ2) is 10.2. The summed E-state index contributed by atoms with van der Waals surface area (Å²) in [5, 5.41) is 4.27. The van der Waals surface area contributed by atoms with Gasteiger partial charge in [0.2, 0.25) is 0 Å². The molecule has 0 aliphatic heterocycles. The van der Waals surface area contributed by atoms with Gasteiger partial charge in [-0.25, -0.2) is 4.79 Å². The molecule has 136 valence electrons. The summed E-state index contributed by atoms with van der Waals surface area (Å²) in [6.45, 7) is 0.0897. The Morgan fingerprint density at radius 2 is 1.69 bits per heavy atom. The number of nitrogens with one attached hydrogen (secondary N) is 1. The topological polar surface area (TPSA) is 55.4 Å². The Bertz CT molecular complexity index is 804. The zero-order chi connectivity index (χ0) is 18.9. The quantitative estimate of drug-likeness (QED) is 0.536. The minimum Gasteiger partial charge on any atom is -0.452 e. The monoisotopic (exact) mass is 411 g/mol. The van der Waals surface area contributed by atoms with Crippen LogP contribution in [0.3, 0.4) is 0 Å². The number of esters is 1. The molecule has 0 saturated heterocycles. The summed E-state index contributed by atoms with van der Waals surface area (Å²) in [5.74, 6) is -1.01. The third-order valence-corrected chi connectivity index (χ3v) is 4.17. The molecule has 2 aromatic carbocycles. The van der Waals surface area contributed by atoms with E-state index in [9.17, 15) is 9.59 Å². The summed E-state index contributed by atoms with van der Waals surface area (Å²) < 4.78 is 4.88. The van der Waals surface area contributed by atoms with Crippen molar-refractivity contribution in [1.82, 2.24) is 5.32 Å². The van der Waals surface area contributed by atoms with Crippen LogP contribution in [0.5, 0.6) is 0 Å². The standard InChI is InChI=1S/C19H16Cl3NO3/c20-15-5-1-13(2-6-15)9-10-23-18(24)12-26-19(25)8-4-14-3-7-16(21)11-17(14)22/h1-8,11H,9-10,12H2,(H,23,24)/b8-4+. The van der Waals surface area contributed by atoms with E-state index >= 15 is 0 Å². The van der Waals surface area contributed by atoms with Crippen LogP contribution in [0.1, 0.15) is 11.1 Å². The average molecular weight is 413 g/mol. The molecular formula is C19H16Cl3NO3. The first kappa shape index (κ1) is 20.3. The van der Waals surface area contributed by atoms with E-state index in [1.807, 2.05) is 12.1 Å². The normalized spacial score (nSPS) is 10.7. The van der Waals surface area contributed by atoms with E-state index in [4.69, 9.17) is 39.5 Å². The Hall–Kier alpha value is -2.01. The third-order valence-electron chi connectivity index (χ3n) is 3.36. The molecule has 0 fully saturated rings. The highest BCUT2D eigenvalue weighted by Crippen LogP contribution is 2.21. The third kappa shape index (κ3) is 7.08. The molecule has 0 unspecified atom stereocenters. The summed E-state index contributed by atoms with van der Waals surface area (Å²) in [5.41, 5.74) is 1.68. The van der Waals surface area contributed by atoms with Gasteiger partial charge in [-0.1, -0.05) is 53.0 Å². The average Bonchev–Trinajstić information content (AvgIpc) is 2.61. The minimum atomic E-state index is -0.635. The molecule has 7 heteroatoms. The van der Waals surface area contributed by atoms with E-state index in [2.05, 4.69) is 5.32 Å². The molecule has 2 rings (SSSR count). The Labute approximate surface area is 166 Å². The molecule has 0 heterocycles. The minimum absolute atomic E-state index is 0.349. The number of halogens is 3. The van der Waals surface area contributed by atoms with Gasteiger partial charge in [-0.15, -0.1) is 0 Å². The molecule has 26 heavy (non-hydrogen) atoms. The van der Waals surface area contributed by atoms with Gasteiger partial charge in [-0.3, -0.25) is 4.79 Å². The predicted molar refractivity (Wildman–Crippen MR) is 105 cm³/mol. The first-order valence-corrected chi connectivity index (χ1v) is 8.88. The summed E-state index contributed by atoms with van der Waals surface area (Å²) in [7, 11) is 0. The van der Waals surface area contributed by atoms with Crippen LogP contribution in [0.25, 0.3) is 6.08 Å². The van der Waals surface area contributed by atoms with Gasteiger partial charge in [0.25, 0.3) is 5.91 Å². The van der Waals surface area contributed by atoms with Crippen molar-refractivity contribution in [2.75, 3.05) is 13.2 Å². The zero-order valence-corrected chi connectivity index (χ0v) is 15.9. The van der Waals surface area contributed by atoms with Gasteiger partial charge in [-0.2, -0.15) is 0 Å². The number of rotatable bonds is 7. The fourth-order valence-corrected chi connectivity index (χ4v) is 2.63. The van der Waals surface area contributed by atoms with E-state index in [0.717, 1.165) is 5.56 Å². The molecule has 1 amide bonds. The van der Waals surface area contributed by atoms with Crippen LogP contribution in [0.15, 0.2) is 48.5 Å². The fraction of sp³-hybridized carbons (Fsp3) is 0.158. The van der Waals surface area contributed by atoms with E-state index in [0.29, 0.717) is 33.6 Å². The van der Waals surface area contributed by atoms with Crippen molar-refractivity contribution in [1.29, 1.82) is 0 Å². The van der Waals surface area contributed by atoms with E-state index in [-0.39, 0.29) is 12.5 Å². The first-order chi connectivity index (χ1) is 12.4. The Balaban J connectivity index is 1.70. The molecule has 0 bridgehead atoms. The van der Waals surface area contributed by atoms with Crippen molar-refractivity contribution in [2.24, 2.45) is 0 Å².